The van der Waals surface area contributed by atoms with Gasteiger partial charge in [-0.1, -0.05) is 11.6 Å². The maximum atomic E-state index is 12.4. The first-order chi connectivity index (χ1) is 9.03. The number of aliphatic hydroxyl groups is 1. The van der Waals surface area contributed by atoms with Crippen LogP contribution >= 0.6 is 0 Å². The van der Waals surface area contributed by atoms with E-state index in [9.17, 15) is 8.42 Å². The van der Waals surface area contributed by atoms with Gasteiger partial charge in [0.25, 0.3) is 0 Å². The molecule has 1 fully saturated rings. The number of aliphatic hydroxyl groups excluding tert-OH is 1. The second-order valence-electron chi connectivity index (χ2n) is 4.96. The van der Waals surface area contributed by atoms with Gasteiger partial charge in [-0.25, -0.2) is 8.42 Å². The summed E-state index contributed by atoms with van der Waals surface area (Å²) >= 11 is 0. The first kappa shape index (κ1) is 14.5. The molecule has 1 aliphatic heterocycles. The zero-order chi connectivity index (χ0) is 13.9. The molecule has 2 rings (SSSR count). The van der Waals surface area contributed by atoms with Crippen LogP contribution in [0.5, 0.6) is 0 Å². The lowest BCUT2D eigenvalue weighted by molar-refractivity contribution is 0.192. The highest BCUT2D eigenvalue weighted by Gasteiger charge is 2.32. The topological polar surface area (TPSA) is 83.6 Å². The van der Waals surface area contributed by atoms with Crippen LogP contribution in [0.3, 0.4) is 0 Å². The molecule has 7 heteroatoms. The molecular formula is C12H20N2O4S. The Labute approximate surface area is 113 Å². The average molecular weight is 288 g/mol. The van der Waals surface area contributed by atoms with Gasteiger partial charge < -0.3 is 9.63 Å². The van der Waals surface area contributed by atoms with Gasteiger partial charge in [0.05, 0.1) is 0 Å². The number of piperidine rings is 1. The standard InChI is InChI=1S/C12H20N2O4S/c1-10-8-11(13-18-10)9-19(16,17)14-6-3-2-4-12(14)5-7-15/h8,12,15H,2-7,9H2,1H3. The molecule has 1 aromatic heterocycles. The Morgan fingerprint density at radius 2 is 2.32 bits per heavy atom. The molecule has 0 amide bonds. The Morgan fingerprint density at radius 3 is 2.95 bits per heavy atom. The van der Waals surface area contributed by atoms with Gasteiger partial charge in [0, 0.05) is 25.3 Å². The van der Waals surface area contributed by atoms with Crippen molar-refractivity contribution in [2.24, 2.45) is 0 Å². The van der Waals surface area contributed by atoms with Crippen molar-refractivity contribution < 1.29 is 18.0 Å². The highest BCUT2D eigenvalue weighted by Crippen LogP contribution is 2.24. The first-order valence-corrected chi connectivity index (χ1v) is 8.16. The van der Waals surface area contributed by atoms with Gasteiger partial charge in [-0.15, -0.1) is 0 Å². The lowest BCUT2D eigenvalue weighted by atomic mass is 10.0. The second kappa shape index (κ2) is 6.02. The molecular weight excluding hydrogens is 268 g/mol. The fourth-order valence-corrected chi connectivity index (χ4v) is 4.28. The van der Waals surface area contributed by atoms with Crippen LogP contribution in [-0.4, -0.2) is 42.2 Å². The SMILES string of the molecule is Cc1cc(CS(=O)(=O)N2CCCCC2CCO)no1. The Kier molecular flexibility index (Phi) is 4.59. The summed E-state index contributed by atoms with van der Waals surface area (Å²) in [5.74, 6) is 0.475. The zero-order valence-corrected chi connectivity index (χ0v) is 11.9. The minimum Gasteiger partial charge on any atom is -0.396 e. The van der Waals surface area contributed by atoms with Crippen molar-refractivity contribution in [3.05, 3.63) is 17.5 Å². The summed E-state index contributed by atoms with van der Waals surface area (Å²) in [6.07, 6.45) is 3.20. The van der Waals surface area contributed by atoms with Gasteiger partial charge >= 0.3 is 0 Å². The number of sulfonamides is 1. The third-order valence-electron chi connectivity index (χ3n) is 3.40. The molecule has 0 aliphatic carbocycles. The number of aryl methyl sites for hydroxylation is 1. The molecule has 1 aromatic rings. The van der Waals surface area contributed by atoms with E-state index in [4.69, 9.17) is 9.63 Å². The molecule has 1 unspecified atom stereocenters. The summed E-state index contributed by atoms with van der Waals surface area (Å²) in [6, 6.07) is 1.56. The van der Waals surface area contributed by atoms with E-state index in [-0.39, 0.29) is 18.4 Å². The molecule has 0 aromatic carbocycles. The second-order valence-corrected chi connectivity index (χ2v) is 6.88. The molecule has 1 aliphatic rings. The van der Waals surface area contributed by atoms with E-state index in [0.29, 0.717) is 24.4 Å². The molecule has 108 valence electrons. The normalized spacial score (nSPS) is 21.7. The third-order valence-corrected chi connectivity index (χ3v) is 5.26. The quantitative estimate of drug-likeness (QED) is 0.875. The van der Waals surface area contributed by atoms with Crippen molar-refractivity contribution in [2.45, 2.75) is 44.4 Å². The molecule has 1 saturated heterocycles. The highest BCUT2D eigenvalue weighted by atomic mass is 32.2. The molecule has 1 N–H and O–H groups in total. The molecule has 0 radical (unpaired) electrons. The van der Waals surface area contributed by atoms with Gasteiger partial charge in [-0.2, -0.15) is 4.31 Å². The van der Waals surface area contributed by atoms with Gasteiger partial charge in [0.2, 0.25) is 10.0 Å². The summed E-state index contributed by atoms with van der Waals surface area (Å²) in [5.41, 5.74) is 0.436. The van der Waals surface area contributed by atoms with Crippen LogP contribution in [0, 0.1) is 6.92 Å². The van der Waals surface area contributed by atoms with Crippen molar-refractivity contribution in [1.29, 1.82) is 0 Å². The lowest BCUT2D eigenvalue weighted by Gasteiger charge is -2.34. The number of aromatic nitrogens is 1. The van der Waals surface area contributed by atoms with Crippen LogP contribution in [-0.2, 0) is 15.8 Å². The van der Waals surface area contributed by atoms with E-state index in [1.54, 1.807) is 13.0 Å². The number of hydrogen-bond donors (Lipinski definition) is 1. The minimum atomic E-state index is -3.39. The Bertz CT molecular complexity index is 510. The molecule has 0 saturated carbocycles. The van der Waals surface area contributed by atoms with Crippen molar-refractivity contribution in [1.82, 2.24) is 9.46 Å². The molecule has 1 atom stereocenters. The van der Waals surface area contributed by atoms with Crippen LogP contribution in [0.4, 0.5) is 0 Å². The predicted molar refractivity (Wildman–Crippen MR) is 69.9 cm³/mol. The van der Waals surface area contributed by atoms with Crippen LogP contribution in [0.2, 0.25) is 0 Å². The summed E-state index contributed by atoms with van der Waals surface area (Å²) in [7, 11) is -3.39. The summed E-state index contributed by atoms with van der Waals surface area (Å²) in [5, 5.41) is 12.8. The summed E-state index contributed by atoms with van der Waals surface area (Å²) < 4.78 is 31.2. The molecule has 2 heterocycles. The minimum absolute atomic E-state index is 0.0136. The maximum Gasteiger partial charge on any atom is 0.220 e. The number of rotatable bonds is 5. The highest BCUT2D eigenvalue weighted by molar-refractivity contribution is 7.88. The van der Waals surface area contributed by atoms with Gasteiger partial charge in [0.1, 0.15) is 17.2 Å². The van der Waals surface area contributed by atoms with E-state index in [0.717, 1.165) is 19.3 Å². The van der Waals surface area contributed by atoms with E-state index < -0.39 is 10.0 Å². The number of nitrogens with zero attached hydrogens (tertiary/aromatic N) is 2. The third kappa shape index (κ3) is 3.55. The fourth-order valence-electron chi connectivity index (χ4n) is 2.53. The largest absolute Gasteiger partial charge is 0.396 e. The van der Waals surface area contributed by atoms with Gasteiger partial charge in [-0.3, -0.25) is 0 Å². The first-order valence-electron chi connectivity index (χ1n) is 6.55. The van der Waals surface area contributed by atoms with Crippen molar-refractivity contribution in [2.75, 3.05) is 13.2 Å². The van der Waals surface area contributed by atoms with Crippen LogP contribution < -0.4 is 0 Å². The van der Waals surface area contributed by atoms with Gasteiger partial charge in [0.15, 0.2) is 0 Å². The van der Waals surface area contributed by atoms with Gasteiger partial charge in [-0.05, 0) is 26.2 Å². The van der Waals surface area contributed by atoms with E-state index >= 15 is 0 Å². The van der Waals surface area contributed by atoms with Crippen LogP contribution in [0.1, 0.15) is 37.1 Å². The summed E-state index contributed by atoms with van der Waals surface area (Å²) in [4.78, 5) is 0. The predicted octanol–water partition coefficient (Wildman–Crippen LogP) is 1.05. The van der Waals surface area contributed by atoms with Crippen molar-refractivity contribution >= 4 is 10.0 Å². The van der Waals surface area contributed by atoms with E-state index in [2.05, 4.69) is 5.16 Å². The van der Waals surface area contributed by atoms with E-state index in [1.165, 1.54) is 4.31 Å². The van der Waals surface area contributed by atoms with Crippen molar-refractivity contribution in [3.8, 4) is 0 Å². The molecule has 0 bridgehead atoms. The zero-order valence-electron chi connectivity index (χ0n) is 11.1. The monoisotopic (exact) mass is 288 g/mol. The Balaban J connectivity index is 2.12. The van der Waals surface area contributed by atoms with Crippen LogP contribution in [0.25, 0.3) is 0 Å². The Hall–Kier alpha value is -0.920. The van der Waals surface area contributed by atoms with Crippen LogP contribution in [0.15, 0.2) is 10.6 Å². The smallest absolute Gasteiger partial charge is 0.220 e. The molecule has 6 nitrogen and oxygen atoms in total. The molecule has 19 heavy (non-hydrogen) atoms. The fraction of sp³-hybridized carbons (Fsp3) is 0.750. The Morgan fingerprint density at radius 1 is 1.53 bits per heavy atom. The van der Waals surface area contributed by atoms with E-state index in [1.807, 2.05) is 0 Å². The summed E-state index contributed by atoms with van der Waals surface area (Å²) in [6.45, 7) is 2.28. The van der Waals surface area contributed by atoms with Crippen molar-refractivity contribution in [3.63, 3.8) is 0 Å². The number of hydrogen-bond acceptors (Lipinski definition) is 5. The average Bonchev–Trinajstić information content (AvgIpc) is 2.75. The molecule has 0 spiro atoms. The lowest BCUT2D eigenvalue weighted by Crippen LogP contribution is -2.44. The maximum absolute atomic E-state index is 12.4.